The molecular formula is C13H16F3N3O. The van der Waals surface area contributed by atoms with Gasteiger partial charge in [0.2, 0.25) is 0 Å². The zero-order valence-corrected chi connectivity index (χ0v) is 11.1. The van der Waals surface area contributed by atoms with Crippen molar-refractivity contribution in [1.82, 2.24) is 10.2 Å². The maximum atomic E-state index is 13.5. The number of hydrogen-bond donors (Lipinski definition) is 1. The molecule has 1 N–H and O–H groups in total. The number of nitrogens with one attached hydrogen (secondary N) is 1. The van der Waals surface area contributed by atoms with Gasteiger partial charge in [-0.05, 0) is 24.1 Å². The fourth-order valence-electron chi connectivity index (χ4n) is 1.94. The Morgan fingerprint density at radius 2 is 2.25 bits per heavy atom. The van der Waals surface area contributed by atoms with Gasteiger partial charge in [-0.3, -0.25) is 4.99 Å². The molecule has 0 spiro atoms. The van der Waals surface area contributed by atoms with E-state index in [2.05, 4.69) is 15.0 Å². The maximum absolute atomic E-state index is 13.5. The Morgan fingerprint density at radius 3 is 2.90 bits per heavy atom. The van der Waals surface area contributed by atoms with Crippen LogP contribution in [0.1, 0.15) is 12.0 Å². The van der Waals surface area contributed by atoms with Gasteiger partial charge in [-0.2, -0.15) is 8.78 Å². The average Bonchev–Trinajstić information content (AvgIpc) is 2.40. The van der Waals surface area contributed by atoms with Crippen molar-refractivity contribution < 1.29 is 17.9 Å². The lowest BCUT2D eigenvalue weighted by Crippen LogP contribution is -2.41. The molecule has 1 aromatic carbocycles. The lowest BCUT2D eigenvalue weighted by molar-refractivity contribution is -0.0522. The highest BCUT2D eigenvalue weighted by atomic mass is 19.3. The number of aliphatic imine (C=N–C) groups is 1. The quantitative estimate of drug-likeness (QED) is 0.922. The molecule has 0 aromatic heterocycles. The number of alkyl halides is 2. The van der Waals surface area contributed by atoms with E-state index in [0.29, 0.717) is 12.1 Å². The van der Waals surface area contributed by atoms with Crippen molar-refractivity contribution in [2.75, 3.05) is 20.1 Å². The predicted octanol–water partition coefficient (Wildman–Crippen LogP) is 2.21. The van der Waals surface area contributed by atoms with Crippen LogP contribution in [0.5, 0.6) is 5.75 Å². The Kier molecular flexibility index (Phi) is 4.70. The van der Waals surface area contributed by atoms with E-state index in [1.54, 1.807) is 0 Å². The first kappa shape index (κ1) is 14.5. The van der Waals surface area contributed by atoms with Gasteiger partial charge in [-0.25, -0.2) is 4.39 Å². The van der Waals surface area contributed by atoms with E-state index >= 15 is 0 Å². The molecule has 0 bridgehead atoms. The van der Waals surface area contributed by atoms with Gasteiger partial charge in [-0.1, -0.05) is 6.07 Å². The molecule has 2 rings (SSSR count). The topological polar surface area (TPSA) is 36.9 Å². The summed E-state index contributed by atoms with van der Waals surface area (Å²) in [4.78, 5) is 6.30. The Hall–Kier alpha value is -1.92. The summed E-state index contributed by atoms with van der Waals surface area (Å²) in [7, 11) is 1.92. The van der Waals surface area contributed by atoms with Crippen molar-refractivity contribution in [2.45, 2.75) is 19.6 Å². The molecule has 0 saturated heterocycles. The molecule has 20 heavy (non-hydrogen) atoms. The number of ether oxygens (including phenoxy) is 1. The second-order valence-corrected chi connectivity index (χ2v) is 4.48. The van der Waals surface area contributed by atoms with Gasteiger partial charge in [0, 0.05) is 26.7 Å². The normalized spacial score (nSPS) is 15.2. The van der Waals surface area contributed by atoms with Gasteiger partial charge < -0.3 is 15.0 Å². The monoisotopic (exact) mass is 287 g/mol. The standard InChI is InChI=1S/C13H16F3N3O/c1-19-6-2-5-17-13(19)18-8-9-3-4-11(10(14)7-9)20-12(15)16/h3-4,7,12H,2,5-6,8H2,1H3,(H,17,18). The first-order valence-corrected chi connectivity index (χ1v) is 6.29. The molecule has 0 aliphatic carbocycles. The van der Waals surface area contributed by atoms with Crippen molar-refractivity contribution >= 4 is 5.96 Å². The van der Waals surface area contributed by atoms with Crippen molar-refractivity contribution in [3.63, 3.8) is 0 Å². The highest BCUT2D eigenvalue weighted by molar-refractivity contribution is 5.80. The first-order chi connectivity index (χ1) is 9.56. The first-order valence-electron chi connectivity index (χ1n) is 6.29. The number of halogens is 3. The zero-order valence-electron chi connectivity index (χ0n) is 11.1. The Balaban J connectivity index is 1.96. The summed E-state index contributed by atoms with van der Waals surface area (Å²) in [5.74, 6) is -0.496. The van der Waals surface area contributed by atoms with Crippen LogP contribution in [-0.4, -0.2) is 37.6 Å². The summed E-state index contributed by atoms with van der Waals surface area (Å²) in [5, 5.41) is 3.10. The fourth-order valence-corrected chi connectivity index (χ4v) is 1.94. The van der Waals surface area contributed by atoms with Crippen LogP contribution in [0.25, 0.3) is 0 Å². The Labute approximate surface area is 115 Å². The van der Waals surface area contributed by atoms with Crippen LogP contribution in [0.3, 0.4) is 0 Å². The molecule has 1 heterocycles. The summed E-state index contributed by atoms with van der Waals surface area (Å²) in [6.45, 7) is -0.975. The minimum atomic E-state index is -3.03. The summed E-state index contributed by atoms with van der Waals surface area (Å²) >= 11 is 0. The molecule has 1 aliphatic rings. The minimum Gasteiger partial charge on any atom is -0.432 e. The highest BCUT2D eigenvalue weighted by Gasteiger charge is 2.12. The maximum Gasteiger partial charge on any atom is 0.387 e. The van der Waals surface area contributed by atoms with Crippen molar-refractivity contribution in [1.29, 1.82) is 0 Å². The fraction of sp³-hybridized carbons (Fsp3) is 0.462. The van der Waals surface area contributed by atoms with E-state index in [1.807, 2.05) is 11.9 Å². The molecule has 1 aromatic rings. The predicted molar refractivity (Wildman–Crippen MR) is 69.4 cm³/mol. The number of benzene rings is 1. The van der Waals surface area contributed by atoms with Crippen molar-refractivity contribution in [3.8, 4) is 5.75 Å². The van der Waals surface area contributed by atoms with Gasteiger partial charge in [-0.15, -0.1) is 0 Å². The van der Waals surface area contributed by atoms with Crippen LogP contribution in [0.4, 0.5) is 13.2 Å². The Morgan fingerprint density at radius 1 is 1.45 bits per heavy atom. The molecule has 4 nitrogen and oxygen atoms in total. The minimum absolute atomic E-state index is 0.370. The summed E-state index contributed by atoms with van der Waals surface area (Å²) in [5.41, 5.74) is 0.630. The van der Waals surface area contributed by atoms with Crippen LogP contribution in [0.15, 0.2) is 23.2 Å². The number of nitrogens with zero attached hydrogens (tertiary/aromatic N) is 2. The van der Waals surface area contributed by atoms with Gasteiger partial charge >= 0.3 is 6.61 Å². The van der Waals surface area contributed by atoms with Crippen LogP contribution in [-0.2, 0) is 6.54 Å². The van der Waals surface area contributed by atoms with Crippen LogP contribution in [0.2, 0.25) is 0 Å². The Bertz CT molecular complexity index is 494. The average molecular weight is 287 g/mol. The molecular weight excluding hydrogens is 271 g/mol. The molecule has 0 amide bonds. The SMILES string of the molecule is CN1CCCN=C1NCc1ccc(OC(F)F)c(F)c1. The lowest BCUT2D eigenvalue weighted by atomic mass is 10.2. The second kappa shape index (κ2) is 6.49. The lowest BCUT2D eigenvalue weighted by Gasteiger charge is -2.25. The summed E-state index contributed by atoms with van der Waals surface area (Å²) < 4.78 is 41.6. The zero-order chi connectivity index (χ0) is 14.5. The van der Waals surface area contributed by atoms with Gasteiger partial charge in [0.05, 0.1) is 0 Å². The van der Waals surface area contributed by atoms with Crippen molar-refractivity contribution in [2.24, 2.45) is 4.99 Å². The summed E-state index contributed by atoms with van der Waals surface area (Å²) in [6, 6.07) is 3.91. The molecule has 1 aliphatic heterocycles. The molecule has 0 unspecified atom stereocenters. The molecule has 110 valence electrons. The van der Waals surface area contributed by atoms with Gasteiger partial charge in [0.25, 0.3) is 0 Å². The van der Waals surface area contributed by atoms with E-state index in [-0.39, 0.29) is 0 Å². The second-order valence-electron chi connectivity index (χ2n) is 4.48. The number of guanidine groups is 1. The van der Waals surface area contributed by atoms with E-state index in [9.17, 15) is 13.2 Å². The van der Waals surface area contributed by atoms with E-state index < -0.39 is 18.2 Å². The smallest absolute Gasteiger partial charge is 0.387 e. The van der Waals surface area contributed by atoms with Gasteiger partial charge in [0.15, 0.2) is 17.5 Å². The van der Waals surface area contributed by atoms with Crippen molar-refractivity contribution in [3.05, 3.63) is 29.6 Å². The molecule has 0 saturated carbocycles. The van der Waals surface area contributed by atoms with Crippen LogP contribution < -0.4 is 10.1 Å². The third-order valence-corrected chi connectivity index (χ3v) is 2.94. The summed E-state index contributed by atoms with van der Waals surface area (Å²) in [6.07, 6.45) is 1.01. The van der Waals surface area contributed by atoms with E-state index in [4.69, 9.17) is 0 Å². The van der Waals surface area contributed by atoms with E-state index in [0.717, 1.165) is 25.5 Å². The largest absolute Gasteiger partial charge is 0.432 e. The molecule has 7 heteroatoms. The van der Waals surface area contributed by atoms with Crippen LogP contribution >= 0.6 is 0 Å². The molecule has 0 radical (unpaired) electrons. The number of hydrogen-bond acceptors (Lipinski definition) is 4. The third kappa shape index (κ3) is 3.79. The van der Waals surface area contributed by atoms with E-state index in [1.165, 1.54) is 18.2 Å². The molecule has 0 atom stereocenters. The van der Waals surface area contributed by atoms with Crippen LogP contribution in [0, 0.1) is 5.82 Å². The third-order valence-electron chi connectivity index (χ3n) is 2.94. The molecule has 0 fully saturated rings. The number of rotatable bonds is 4. The van der Waals surface area contributed by atoms with Gasteiger partial charge in [0.1, 0.15) is 0 Å². The highest BCUT2D eigenvalue weighted by Crippen LogP contribution is 2.20.